The lowest BCUT2D eigenvalue weighted by atomic mass is 10.1. The van der Waals surface area contributed by atoms with E-state index in [0.717, 1.165) is 51.1 Å². The van der Waals surface area contributed by atoms with Gasteiger partial charge < -0.3 is 13.9 Å². The second-order valence-corrected chi connectivity index (χ2v) is 6.68. The van der Waals surface area contributed by atoms with Crippen molar-refractivity contribution in [3.8, 4) is 22.8 Å². The van der Waals surface area contributed by atoms with E-state index in [4.69, 9.17) is 18.9 Å². The summed E-state index contributed by atoms with van der Waals surface area (Å²) in [6, 6.07) is 26.1. The Kier molecular flexibility index (Phi) is 5.61. The highest BCUT2D eigenvalue weighted by Crippen LogP contribution is 2.27. The minimum absolute atomic E-state index is 0.664. The summed E-state index contributed by atoms with van der Waals surface area (Å²) in [5.74, 6) is 2.28. The molecule has 0 fully saturated rings. The number of rotatable bonds is 6. The number of nitrogens with zero attached hydrogens (tertiary/aromatic N) is 1. The number of benzene rings is 3. The van der Waals surface area contributed by atoms with Crippen molar-refractivity contribution < 1.29 is 13.9 Å². The first-order valence-electron chi connectivity index (χ1n) is 9.58. The maximum Gasteiger partial charge on any atom is 0.160 e. The topological polar surface area (TPSA) is 44.0 Å². The average Bonchev–Trinajstić information content (AvgIpc) is 2.79. The van der Waals surface area contributed by atoms with Gasteiger partial charge in [0.1, 0.15) is 11.3 Å². The third-order valence-electron chi connectivity index (χ3n) is 4.84. The second kappa shape index (κ2) is 8.65. The predicted molar refractivity (Wildman–Crippen MR) is 115 cm³/mol. The van der Waals surface area contributed by atoms with E-state index in [0.29, 0.717) is 6.54 Å². The summed E-state index contributed by atoms with van der Waals surface area (Å²) in [4.78, 5) is 4.88. The Morgan fingerprint density at radius 3 is 2.34 bits per heavy atom. The van der Waals surface area contributed by atoms with Crippen molar-refractivity contribution in [3.63, 3.8) is 0 Å². The van der Waals surface area contributed by atoms with Crippen molar-refractivity contribution in [1.29, 1.82) is 0 Å². The number of ether oxygens (including phenoxy) is 2. The minimum Gasteiger partial charge on any atom is -0.493 e. The Morgan fingerprint density at radius 2 is 1.55 bits per heavy atom. The van der Waals surface area contributed by atoms with Crippen LogP contribution in [0.25, 0.3) is 22.3 Å². The molecule has 4 nitrogen and oxygen atoms in total. The molecule has 1 aromatic heterocycles. The maximum atomic E-state index is 6.12. The Morgan fingerprint density at radius 1 is 0.793 bits per heavy atom. The van der Waals surface area contributed by atoms with Gasteiger partial charge in [0.25, 0.3) is 0 Å². The van der Waals surface area contributed by atoms with Gasteiger partial charge in [-0.15, -0.1) is 0 Å². The zero-order valence-corrected chi connectivity index (χ0v) is 16.6. The Balaban J connectivity index is 1.67. The summed E-state index contributed by atoms with van der Waals surface area (Å²) >= 11 is 0. The SMILES string of the molecule is COc1ccc(CCN=c2cc(-c3ccccc3)oc3ccccc23)cc1OC. The van der Waals surface area contributed by atoms with Crippen LogP contribution in [0.15, 0.2) is 88.3 Å². The molecule has 0 amide bonds. The average molecular weight is 385 g/mol. The van der Waals surface area contributed by atoms with Gasteiger partial charge in [-0.3, -0.25) is 4.99 Å². The van der Waals surface area contributed by atoms with Crippen LogP contribution in [0.3, 0.4) is 0 Å². The summed E-state index contributed by atoms with van der Waals surface area (Å²) in [6.07, 6.45) is 0.807. The molecular weight excluding hydrogens is 362 g/mol. The molecule has 0 aliphatic carbocycles. The minimum atomic E-state index is 0.664. The fraction of sp³-hybridized carbons (Fsp3) is 0.160. The lowest BCUT2D eigenvalue weighted by molar-refractivity contribution is 0.354. The first-order chi connectivity index (χ1) is 14.3. The summed E-state index contributed by atoms with van der Waals surface area (Å²) < 4.78 is 16.8. The predicted octanol–water partition coefficient (Wildman–Crippen LogP) is 5.26. The normalized spacial score (nSPS) is 11.6. The molecule has 4 rings (SSSR count). The second-order valence-electron chi connectivity index (χ2n) is 6.68. The summed E-state index contributed by atoms with van der Waals surface area (Å²) in [6.45, 7) is 0.664. The molecule has 0 atom stereocenters. The lowest BCUT2D eigenvalue weighted by Crippen LogP contribution is -2.06. The van der Waals surface area contributed by atoms with Crippen molar-refractivity contribution in [2.45, 2.75) is 6.42 Å². The molecule has 0 aliphatic rings. The van der Waals surface area contributed by atoms with Gasteiger partial charge in [0.15, 0.2) is 11.5 Å². The lowest BCUT2D eigenvalue weighted by Gasteiger charge is -2.09. The first-order valence-corrected chi connectivity index (χ1v) is 9.58. The molecule has 1 heterocycles. The molecule has 0 saturated carbocycles. The van der Waals surface area contributed by atoms with Crippen LogP contribution in [0.5, 0.6) is 11.5 Å². The van der Waals surface area contributed by atoms with Crippen LogP contribution in [0.4, 0.5) is 0 Å². The smallest absolute Gasteiger partial charge is 0.160 e. The van der Waals surface area contributed by atoms with E-state index in [1.54, 1.807) is 14.2 Å². The van der Waals surface area contributed by atoms with Gasteiger partial charge in [-0.1, -0.05) is 48.5 Å². The van der Waals surface area contributed by atoms with E-state index in [-0.39, 0.29) is 0 Å². The van der Waals surface area contributed by atoms with Gasteiger partial charge in [-0.05, 0) is 36.2 Å². The van der Waals surface area contributed by atoms with Crippen LogP contribution in [-0.2, 0) is 6.42 Å². The zero-order valence-electron chi connectivity index (χ0n) is 16.6. The van der Waals surface area contributed by atoms with Crippen molar-refractivity contribution >= 4 is 11.0 Å². The van der Waals surface area contributed by atoms with Crippen molar-refractivity contribution in [1.82, 2.24) is 0 Å². The molecule has 0 aliphatic heterocycles. The number of methoxy groups -OCH3 is 2. The molecule has 4 heteroatoms. The van der Waals surface area contributed by atoms with Crippen molar-refractivity contribution in [2.24, 2.45) is 4.99 Å². The Hall–Kier alpha value is -3.53. The summed E-state index contributed by atoms with van der Waals surface area (Å²) in [7, 11) is 3.29. The molecule has 0 spiro atoms. The Labute approximate surface area is 170 Å². The quantitative estimate of drug-likeness (QED) is 0.455. The highest BCUT2D eigenvalue weighted by atomic mass is 16.5. The van der Waals surface area contributed by atoms with Gasteiger partial charge in [-0.25, -0.2) is 0 Å². The van der Waals surface area contributed by atoms with Crippen LogP contribution in [0.2, 0.25) is 0 Å². The third-order valence-corrected chi connectivity index (χ3v) is 4.84. The Bertz CT molecular complexity index is 1180. The number of para-hydroxylation sites is 1. The van der Waals surface area contributed by atoms with Gasteiger partial charge in [0.05, 0.1) is 19.6 Å². The van der Waals surface area contributed by atoms with Crippen LogP contribution in [0, 0.1) is 0 Å². The number of hydrogen-bond acceptors (Lipinski definition) is 4. The molecule has 4 aromatic rings. The van der Waals surface area contributed by atoms with E-state index in [2.05, 4.69) is 0 Å². The van der Waals surface area contributed by atoms with Crippen LogP contribution in [0.1, 0.15) is 5.56 Å². The zero-order chi connectivity index (χ0) is 20.1. The standard InChI is InChI=1S/C25H23NO3/c1-27-23-13-12-18(16-25(23)28-2)14-15-26-21-17-24(19-8-4-3-5-9-19)29-22-11-7-6-10-20(21)22/h3-13,16-17H,14-15H2,1-2H3. The largest absolute Gasteiger partial charge is 0.493 e. The van der Waals surface area contributed by atoms with Crippen molar-refractivity contribution in [2.75, 3.05) is 20.8 Å². The van der Waals surface area contributed by atoms with Gasteiger partial charge in [0, 0.05) is 23.6 Å². The molecule has 0 saturated heterocycles. The van der Waals surface area contributed by atoms with Crippen molar-refractivity contribution in [3.05, 3.63) is 89.8 Å². The van der Waals surface area contributed by atoms with Gasteiger partial charge in [-0.2, -0.15) is 0 Å². The highest BCUT2D eigenvalue weighted by molar-refractivity contribution is 5.78. The molecule has 3 aromatic carbocycles. The summed E-state index contributed by atoms with van der Waals surface area (Å²) in [5.41, 5.74) is 3.02. The van der Waals surface area contributed by atoms with Crippen LogP contribution < -0.4 is 14.8 Å². The monoisotopic (exact) mass is 385 g/mol. The van der Waals surface area contributed by atoms with E-state index in [9.17, 15) is 0 Å². The fourth-order valence-electron chi connectivity index (χ4n) is 3.33. The van der Waals surface area contributed by atoms with E-state index >= 15 is 0 Å². The maximum absolute atomic E-state index is 6.12. The molecular formula is C25H23NO3. The van der Waals surface area contributed by atoms with E-state index < -0.39 is 0 Å². The molecule has 0 unspecified atom stereocenters. The first kappa shape index (κ1) is 18.8. The van der Waals surface area contributed by atoms with Gasteiger partial charge >= 0.3 is 0 Å². The molecule has 146 valence electrons. The molecule has 0 N–H and O–H groups in total. The highest BCUT2D eigenvalue weighted by Gasteiger charge is 2.06. The molecule has 0 radical (unpaired) electrons. The fourth-order valence-corrected chi connectivity index (χ4v) is 3.33. The van der Waals surface area contributed by atoms with E-state index in [1.165, 1.54) is 0 Å². The van der Waals surface area contributed by atoms with Gasteiger partial charge in [0.2, 0.25) is 0 Å². The molecule has 0 bridgehead atoms. The summed E-state index contributed by atoms with van der Waals surface area (Å²) in [5, 5.41) is 1.95. The van der Waals surface area contributed by atoms with Crippen LogP contribution >= 0.6 is 0 Å². The molecule has 29 heavy (non-hydrogen) atoms. The third kappa shape index (κ3) is 4.16. The van der Waals surface area contributed by atoms with E-state index in [1.807, 2.05) is 78.9 Å². The van der Waals surface area contributed by atoms with Crippen LogP contribution in [-0.4, -0.2) is 20.8 Å². The number of fused-ring (bicyclic) bond motifs is 1. The number of hydrogen-bond donors (Lipinski definition) is 0.